The van der Waals surface area contributed by atoms with Crippen LogP contribution in [0.4, 0.5) is 11.4 Å². The van der Waals surface area contributed by atoms with Gasteiger partial charge in [-0.2, -0.15) is 0 Å². The molecule has 5 aromatic rings. The first-order valence-corrected chi connectivity index (χ1v) is 15.4. The molecule has 0 aliphatic carbocycles. The molecule has 0 bridgehead atoms. The van der Waals surface area contributed by atoms with Crippen LogP contribution in [0.5, 0.6) is 0 Å². The van der Waals surface area contributed by atoms with Gasteiger partial charge in [-0.05, 0) is 78.6 Å². The van der Waals surface area contributed by atoms with Crippen molar-refractivity contribution in [3.8, 4) is 0 Å². The van der Waals surface area contributed by atoms with Gasteiger partial charge >= 0.3 is 0 Å². The van der Waals surface area contributed by atoms with Gasteiger partial charge in [-0.15, -0.1) is 11.8 Å². The fourth-order valence-corrected chi connectivity index (χ4v) is 5.74. The Kier molecular flexibility index (Phi) is 10.2. The van der Waals surface area contributed by atoms with Crippen molar-refractivity contribution < 1.29 is 14.4 Å². The largest absolute Gasteiger partial charge is 0.324 e. The first-order valence-electron chi connectivity index (χ1n) is 14.5. The minimum atomic E-state index is -0.501. The molecule has 0 saturated carbocycles. The summed E-state index contributed by atoms with van der Waals surface area (Å²) >= 11 is 1.43. The lowest BCUT2D eigenvalue weighted by atomic mass is 10.1. The Balaban J connectivity index is 1.33. The van der Waals surface area contributed by atoms with Gasteiger partial charge in [0.1, 0.15) is 10.9 Å². The average molecular weight is 612 g/mol. The van der Waals surface area contributed by atoms with Gasteiger partial charge in [0.2, 0.25) is 5.91 Å². The van der Waals surface area contributed by atoms with E-state index in [9.17, 15) is 14.4 Å². The van der Waals surface area contributed by atoms with Crippen molar-refractivity contribution in [1.29, 1.82) is 0 Å². The molecule has 0 fully saturated rings. The number of rotatable bonds is 10. The molecule has 0 spiro atoms. The van der Waals surface area contributed by atoms with Crippen LogP contribution in [0.25, 0.3) is 6.08 Å². The van der Waals surface area contributed by atoms with E-state index in [1.165, 1.54) is 11.8 Å². The normalized spacial score (nSPS) is 11.7. The Morgan fingerprint density at radius 2 is 1.22 bits per heavy atom. The number of amides is 3. The second-order valence-electron chi connectivity index (χ2n) is 10.4. The number of aryl methyl sites for hydroxylation is 2. The van der Waals surface area contributed by atoms with Gasteiger partial charge in [0.05, 0.1) is 0 Å². The first-order chi connectivity index (χ1) is 21.9. The molecular weight excluding hydrogens is 579 g/mol. The van der Waals surface area contributed by atoms with Gasteiger partial charge in [-0.3, -0.25) is 14.4 Å². The average Bonchev–Trinajstić information content (AvgIpc) is 3.07. The summed E-state index contributed by atoms with van der Waals surface area (Å²) in [6.45, 7) is 3.96. The summed E-state index contributed by atoms with van der Waals surface area (Å²) in [5.41, 5.74) is 5.58. The molecule has 3 N–H and O–H groups in total. The van der Waals surface area contributed by atoms with E-state index in [1.807, 2.05) is 111 Å². The molecule has 0 heterocycles. The topological polar surface area (TPSA) is 87.3 Å². The lowest BCUT2D eigenvalue weighted by Gasteiger charge is -2.19. The Morgan fingerprint density at radius 1 is 0.644 bits per heavy atom. The third kappa shape index (κ3) is 8.37. The summed E-state index contributed by atoms with van der Waals surface area (Å²) < 4.78 is 0. The molecule has 5 aromatic carbocycles. The van der Waals surface area contributed by atoms with Gasteiger partial charge in [0.25, 0.3) is 11.8 Å². The number of carbonyl (C=O) groups excluding carboxylic acids is 3. The fraction of sp³-hybridized carbons (Fsp3) is 0.0789. The number of hydrogen-bond acceptors (Lipinski definition) is 4. The van der Waals surface area contributed by atoms with Crippen molar-refractivity contribution in [3.63, 3.8) is 0 Å². The third-order valence-corrected chi connectivity index (χ3v) is 8.34. The summed E-state index contributed by atoms with van der Waals surface area (Å²) in [6.07, 6.45) is 1.64. The van der Waals surface area contributed by atoms with E-state index < -0.39 is 11.2 Å². The zero-order valence-electron chi connectivity index (χ0n) is 25.0. The van der Waals surface area contributed by atoms with Crippen LogP contribution in [0.3, 0.4) is 0 Å². The van der Waals surface area contributed by atoms with Crippen molar-refractivity contribution in [2.45, 2.75) is 24.0 Å². The second-order valence-corrected chi connectivity index (χ2v) is 11.6. The van der Waals surface area contributed by atoms with Crippen LogP contribution in [0.15, 0.2) is 144 Å². The molecule has 0 saturated heterocycles. The Labute approximate surface area is 267 Å². The Morgan fingerprint density at radius 3 is 1.84 bits per heavy atom. The molecule has 0 aromatic heterocycles. The third-order valence-electron chi connectivity index (χ3n) is 7.08. The summed E-state index contributed by atoms with van der Waals surface area (Å²) in [5.74, 6) is -0.963. The van der Waals surface area contributed by atoms with Crippen LogP contribution in [-0.2, 0) is 9.59 Å². The highest BCUT2D eigenvalue weighted by atomic mass is 32.2. The fourth-order valence-electron chi connectivity index (χ4n) is 4.71. The minimum Gasteiger partial charge on any atom is -0.324 e. The maximum Gasteiger partial charge on any atom is 0.272 e. The van der Waals surface area contributed by atoms with Gasteiger partial charge in [-0.25, -0.2) is 0 Å². The molecule has 0 aliphatic rings. The van der Waals surface area contributed by atoms with Crippen LogP contribution >= 0.6 is 11.8 Å². The zero-order valence-corrected chi connectivity index (χ0v) is 25.8. The van der Waals surface area contributed by atoms with E-state index in [2.05, 4.69) is 16.0 Å². The molecule has 0 radical (unpaired) electrons. The van der Waals surface area contributed by atoms with Crippen molar-refractivity contribution in [2.24, 2.45) is 0 Å². The highest BCUT2D eigenvalue weighted by molar-refractivity contribution is 8.00. The second kappa shape index (κ2) is 14.9. The standard InChI is InChI=1S/C38H33N3O3S/c1-26-13-12-14-27(2)34(26)41-38(44)35(29-17-8-4-9-18-29)45-32-23-21-31(22-24-32)39-37(43)33(25-28-15-6-3-7-16-28)40-36(42)30-19-10-5-11-20-30/h3-25,35H,1-2H3,(H,39,43)(H,40,42)(H,41,44)/b33-25-. The number of nitrogens with one attached hydrogen (secondary N) is 3. The number of benzene rings is 5. The number of para-hydroxylation sites is 1. The highest BCUT2D eigenvalue weighted by Gasteiger charge is 2.23. The summed E-state index contributed by atoms with van der Waals surface area (Å²) in [4.78, 5) is 40.8. The molecule has 3 amide bonds. The first kappa shape index (κ1) is 31.0. The van der Waals surface area contributed by atoms with E-state index >= 15 is 0 Å². The van der Waals surface area contributed by atoms with Crippen LogP contribution in [0.2, 0.25) is 0 Å². The SMILES string of the molecule is Cc1cccc(C)c1NC(=O)C(Sc1ccc(NC(=O)/C(=C/c2ccccc2)NC(=O)c2ccccc2)cc1)c1ccccc1. The smallest absolute Gasteiger partial charge is 0.272 e. The maximum atomic E-state index is 13.6. The van der Waals surface area contributed by atoms with Crippen molar-refractivity contribution in [1.82, 2.24) is 5.32 Å². The molecule has 45 heavy (non-hydrogen) atoms. The van der Waals surface area contributed by atoms with Gasteiger partial charge in [0.15, 0.2) is 0 Å². The Bertz CT molecular complexity index is 1790. The molecule has 5 rings (SSSR count). The van der Waals surface area contributed by atoms with Gasteiger partial charge < -0.3 is 16.0 Å². The van der Waals surface area contributed by atoms with Crippen LogP contribution in [-0.4, -0.2) is 17.7 Å². The van der Waals surface area contributed by atoms with Gasteiger partial charge in [0, 0.05) is 21.8 Å². The van der Waals surface area contributed by atoms with Crippen LogP contribution in [0, 0.1) is 13.8 Å². The molecule has 224 valence electrons. The summed E-state index contributed by atoms with van der Waals surface area (Å²) in [7, 11) is 0. The van der Waals surface area contributed by atoms with Crippen LogP contribution in [0.1, 0.15) is 37.9 Å². The van der Waals surface area contributed by atoms with Crippen molar-refractivity contribution in [3.05, 3.63) is 167 Å². The molecule has 7 heteroatoms. The van der Waals surface area contributed by atoms with E-state index in [4.69, 9.17) is 0 Å². The van der Waals surface area contributed by atoms with E-state index in [0.717, 1.165) is 32.8 Å². The minimum absolute atomic E-state index is 0.112. The van der Waals surface area contributed by atoms with Gasteiger partial charge in [-0.1, -0.05) is 97.1 Å². The summed E-state index contributed by atoms with van der Waals surface area (Å²) in [6, 6.07) is 41.0. The maximum absolute atomic E-state index is 13.6. The van der Waals surface area contributed by atoms with Crippen molar-refractivity contribution >= 4 is 46.9 Å². The highest BCUT2D eigenvalue weighted by Crippen LogP contribution is 2.37. The predicted molar refractivity (Wildman–Crippen MR) is 183 cm³/mol. The molecular formula is C38H33N3O3S. The molecule has 1 unspecified atom stereocenters. The Hall–Kier alpha value is -5.40. The lowest BCUT2D eigenvalue weighted by Crippen LogP contribution is -2.30. The predicted octanol–water partition coefficient (Wildman–Crippen LogP) is 8.19. The monoisotopic (exact) mass is 611 g/mol. The number of carbonyl (C=O) groups is 3. The number of thioether (sulfide) groups is 1. The molecule has 1 atom stereocenters. The van der Waals surface area contributed by atoms with E-state index in [-0.39, 0.29) is 17.5 Å². The molecule has 0 aliphatic heterocycles. The number of hydrogen-bond donors (Lipinski definition) is 3. The van der Waals surface area contributed by atoms with E-state index in [1.54, 1.807) is 42.5 Å². The quantitative estimate of drug-likeness (QED) is 0.110. The van der Waals surface area contributed by atoms with E-state index in [0.29, 0.717) is 11.3 Å². The lowest BCUT2D eigenvalue weighted by molar-refractivity contribution is -0.116. The van der Waals surface area contributed by atoms with Crippen molar-refractivity contribution in [2.75, 3.05) is 10.6 Å². The van der Waals surface area contributed by atoms with Crippen LogP contribution < -0.4 is 16.0 Å². The zero-order chi connectivity index (χ0) is 31.6. The summed E-state index contributed by atoms with van der Waals surface area (Å²) in [5, 5.41) is 8.28. The number of anilines is 2. The molecule has 6 nitrogen and oxygen atoms in total.